The number of benzene rings is 1. The molecule has 1 aromatic carbocycles. The van der Waals surface area contributed by atoms with Gasteiger partial charge in [0.1, 0.15) is 0 Å². The summed E-state index contributed by atoms with van der Waals surface area (Å²) in [6.45, 7) is 2.30. The zero-order valence-corrected chi connectivity index (χ0v) is 9.44. The smallest absolute Gasteiger partial charge is 0.217 e. The minimum Gasteiger partial charge on any atom is -0.347 e. The van der Waals surface area contributed by atoms with E-state index < -0.39 is 13.0 Å². The summed E-state index contributed by atoms with van der Waals surface area (Å²) in [6, 6.07) is 9.04. The van der Waals surface area contributed by atoms with Gasteiger partial charge in [-0.3, -0.25) is 4.79 Å². The third-order valence-electron chi connectivity index (χ3n) is 2.31. The molecule has 0 spiro atoms. The van der Waals surface area contributed by atoms with Gasteiger partial charge >= 0.3 is 0 Å². The number of rotatable bonds is 5. The van der Waals surface area contributed by atoms with Crippen molar-refractivity contribution < 1.29 is 13.9 Å². The van der Waals surface area contributed by atoms with E-state index in [-0.39, 0.29) is 11.9 Å². The van der Waals surface area contributed by atoms with Crippen LogP contribution in [0, 0.1) is 0 Å². The van der Waals surface area contributed by atoms with Crippen molar-refractivity contribution in [3.63, 3.8) is 0 Å². The van der Waals surface area contributed by atoms with Gasteiger partial charge in [-0.1, -0.05) is 30.3 Å². The van der Waals surface area contributed by atoms with Gasteiger partial charge in [-0.05, 0) is 12.5 Å². The summed E-state index contributed by atoms with van der Waals surface area (Å²) in [5.41, 5.74) is 0.902. The largest absolute Gasteiger partial charge is 0.347 e. The molecular formula is C12H16FNO2. The van der Waals surface area contributed by atoms with Crippen LogP contribution in [0.15, 0.2) is 30.3 Å². The van der Waals surface area contributed by atoms with Gasteiger partial charge in [0.2, 0.25) is 5.91 Å². The lowest BCUT2D eigenvalue weighted by Gasteiger charge is -2.24. The van der Waals surface area contributed by atoms with Gasteiger partial charge in [0, 0.05) is 6.92 Å². The molecule has 88 valence electrons. The van der Waals surface area contributed by atoms with Crippen LogP contribution in [0.3, 0.4) is 0 Å². The molecule has 3 nitrogen and oxygen atoms in total. The molecule has 0 aliphatic heterocycles. The Bertz CT molecular complexity index is 329. The first-order chi connectivity index (χ1) is 7.65. The monoisotopic (exact) mass is 225 g/mol. The number of carbonyl (C=O) groups is 1. The molecule has 4 heteroatoms. The third kappa shape index (κ3) is 3.62. The Hall–Kier alpha value is -1.42. The first-order valence-electron chi connectivity index (χ1n) is 5.14. The lowest BCUT2D eigenvalue weighted by atomic mass is 10.0. The van der Waals surface area contributed by atoms with E-state index in [2.05, 4.69) is 5.32 Å². The van der Waals surface area contributed by atoms with E-state index in [1.54, 1.807) is 6.92 Å². The maximum Gasteiger partial charge on any atom is 0.217 e. The highest BCUT2D eigenvalue weighted by molar-refractivity contribution is 5.73. The Morgan fingerprint density at radius 2 is 2.06 bits per heavy atom. The highest BCUT2D eigenvalue weighted by Gasteiger charge is 2.20. The van der Waals surface area contributed by atoms with E-state index >= 15 is 0 Å². The topological polar surface area (TPSA) is 38.3 Å². The van der Waals surface area contributed by atoms with Crippen LogP contribution in [0.1, 0.15) is 25.5 Å². The second-order valence-electron chi connectivity index (χ2n) is 3.57. The van der Waals surface area contributed by atoms with Gasteiger partial charge in [0.05, 0.1) is 12.1 Å². The van der Waals surface area contributed by atoms with Crippen molar-refractivity contribution in [1.82, 2.24) is 5.32 Å². The molecule has 0 aliphatic rings. The Morgan fingerprint density at radius 3 is 2.56 bits per heavy atom. The van der Waals surface area contributed by atoms with Gasteiger partial charge < -0.3 is 10.1 Å². The molecule has 1 aromatic rings. The summed E-state index contributed by atoms with van der Waals surface area (Å²) in [7, 11) is 0. The van der Waals surface area contributed by atoms with Gasteiger partial charge in [0.25, 0.3) is 0 Å². The van der Waals surface area contributed by atoms with Gasteiger partial charge in [0.15, 0.2) is 6.86 Å². The summed E-state index contributed by atoms with van der Waals surface area (Å²) in [5, 5.41) is 2.75. The zero-order chi connectivity index (χ0) is 12.0. The second kappa shape index (κ2) is 6.23. The van der Waals surface area contributed by atoms with Gasteiger partial charge in [-0.2, -0.15) is 0 Å². The van der Waals surface area contributed by atoms with Crippen molar-refractivity contribution in [3.8, 4) is 0 Å². The van der Waals surface area contributed by atoms with Crippen LogP contribution in [-0.4, -0.2) is 18.9 Å². The summed E-state index contributed by atoms with van der Waals surface area (Å²) in [4.78, 5) is 11.1. The predicted molar refractivity (Wildman–Crippen MR) is 59.5 cm³/mol. The van der Waals surface area contributed by atoms with E-state index in [0.717, 1.165) is 5.56 Å². The summed E-state index contributed by atoms with van der Waals surface area (Å²) < 4.78 is 17.0. The number of nitrogens with one attached hydrogen (secondary N) is 1. The Balaban J connectivity index is 2.82. The van der Waals surface area contributed by atoms with E-state index in [1.165, 1.54) is 6.92 Å². The van der Waals surface area contributed by atoms with Crippen LogP contribution in [0.2, 0.25) is 0 Å². The maximum absolute atomic E-state index is 12.1. The number of hydrogen-bond donors (Lipinski definition) is 1. The SMILES string of the molecule is CC(=O)NC(c1ccccc1)C(C)OCF. The van der Waals surface area contributed by atoms with Crippen molar-refractivity contribution in [3.05, 3.63) is 35.9 Å². The molecule has 16 heavy (non-hydrogen) atoms. The molecule has 0 aliphatic carbocycles. The summed E-state index contributed by atoms with van der Waals surface area (Å²) in [6.07, 6.45) is -0.406. The van der Waals surface area contributed by atoms with Crippen LogP contribution in [0.4, 0.5) is 4.39 Å². The van der Waals surface area contributed by atoms with Crippen LogP contribution >= 0.6 is 0 Å². The Labute approximate surface area is 94.6 Å². The molecule has 0 saturated carbocycles. The number of carbonyl (C=O) groups excluding carboxylic acids is 1. The molecule has 1 amide bonds. The lowest BCUT2D eigenvalue weighted by Crippen LogP contribution is -2.34. The molecule has 0 aromatic heterocycles. The van der Waals surface area contributed by atoms with Crippen LogP contribution in [-0.2, 0) is 9.53 Å². The van der Waals surface area contributed by atoms with E-state index in [1.807, 2.05) is 30.3 Å². The van der Waals surface area contributed by atoms with Crippen LogP contribution < -0.4 is 5.32 Å². The normalized spacial score (nSPS) is 14.2. The number of amides is 1. The molecule has 1 N–H and O–H groups in total. The van der Waals surface area contributed by atoms with Crippen molar-refractivity contribution in [2.24, 2.45) is 0 Å². The number of halogens is 1. The molecule has 0 fully saturated rings. The fourth-order valence-corrected chi connectivity index (χ4v) is 1.55. The Kier molecular flexibility index (Phi) is 4.92. The van der Waals surface area contributed by atoms with Crippen molar-refractivity contribution in [2.75, 3.05) is 6.86 Å². The molecule has 0 heterocycles. The second-order valence-corrected chi connectivity index (χ2v) is 3.57. The Morgan fingerprint density at radius 1 is 1.44 bits per heavy atom. The number of hydrogen-bond acceptors (Lipinski definition) is 2. The zero-order valence-electron chi connectivity index (χ0n) is 9.44. The standard InChI is InChI=1S/C12H16FNO2/c1-9(16-8-13)12(14-10(2)15)11-6-4-3-5-7-11/h3-7,9,12H,8H2,1-2H3,(H,14,15). The molecule has 2 atom stereocenters. The minimum absolute atomic E-state index is 0.164. The molecule has 1 rings (SSSR count). The molecule has 2 unspecified atom stereocenters. The van der Waals surface area contributed by atoms with Crippen molar-refractivity contribution in [1.29, 1.82) is 0 Å². The average molecular weight is 225 g/mol. The van der Waals surface area contributed by atoms with Crippen molar-refractivity contribution >= 4 is 5.91 Å². The number of ether oxygens (including phenoxy) is 1. The summed E-state index contributed by atoms with van der Waals surface area (Å²) >= 11 is 0. The van der Waals surface area contributed by atoms with E-state index in [0.29, 0.717) is 0 Å². The van der Waals surface area contributed by atoms with E-state index in [4.69, 9.17) is 4.74 Å². The number of alkyl halides is 1. The fraction of sp³-hybridized carbons (Fsp3) is 0.417. The maximum atomic E-state index is 12.1. The van der Waals surface area contributed by atoms with Gasteiger partial charge in [-0.25, -0.2) is 4.39 Å². The highest BCUT2D eigenvalue weighted by Crippen LogP contribution is 2.18. The lowest BCUT2D eigenvalue weighted by molar-refractivity contribution is -0.121. The van der Waals surface area contributed by atoms with Crippen molar-refractivity contribution in [2.45, 2.75) is 26.0 Å². The minimum atomic E-state index is -0.857. The molecular weight excluding hydrogens is 209 g/mol. The molecule has 0 bridgehead atoms. The van der Waals surface area contributed by atoms with Gasteiger partial charge in [-0.15, -0.1) is 0 Å². The van der Waals surface area contributed by atoms with Crippen LogP contribution in [0.5, 0.6) is 0 Å². The molecule has 0 saturated heterocycles. The molecule has 0 radical (unpaired) electrons. The first-order valence-corrected chi connectivity index (χ1v) is 5.14. The fourth-order valence-electron chi connectivity index (χ4n) is 1.55. The third-order valence-corrected chi connectivity index (χ3v) is 2.31. The quantitative estimate of drug-likeness (QED) is 0.834. The average Bonchev–Trinajstić information content (AvgIpc) is 2.27. The first kappa shape index (κ1) is 12.6. The predicted octanol–water partition coefficient (Wildman–Crippen LogP) is 2.20. The summed E-state index contributed by atoms with van der Waals surface area (Å²) in [5.74, 6) is -0.164. The van der Waals surface area contributed by atoms with Crippen LogP contribution in [0.25, 0.3) is 0 Å². The highest BCUT2D eigenvalue weighted by atomic mass is 19.1. The van der Waals surface area contributed by atoms with E-state index in [9.17, 15) is 9.18 Å².